The summed E-state index contributed by atoms with van der Waals surface area (Å²) in [5.74, 6) is 0.852. The van der Waals surface area contributed by atoms with Crippen LogP contribution in [0.1, 0.15) is 17.5 Å². The van der Waals surface area contributed by atoms with Gasteiger partial charge in [0.05, 0.1) is 5.69 Å². The number of benzene rings is 2. The Hall–Kier alpha value is -3.08. The van der Waals surface area contributed by atoms with E-state index in [0.717, 1.165) is 29.8 Å². The summed E-state index contributed by atoms with van der Waals surface area (Å²) in [5, 5.41) is 4.22. The second-order valence-corrected chi connectivity index (χ2v) is 6.56. The van der Waals surface area contributed by atoms with Gasteiger partial charge in [-0.1, -0.05) is 30.3 Å². The Morgan fingerprint density at radius 2 is 2.00 bits per heavy atom. The molecule has 132 valence electrons. The number of fused-ring (bicyclic) bond motifs is 1. The number of carbonyl (C=O) groups excluding carboxylic acids is 1. The second kappa shape index (κ2) is 7.04. The van der Waals surface area contributed by atoms with Crippen molar-refractivity contribution < 1.29 is 9.53 Å². The standard InChI is InChI=1S/C21H21N3O2/c1-23(15-16-7-10-18(11-8-16)24-14-4-13-22-24)21(25)20-12-9-17-5-2-3-6-19(17)26-20/h2-8,10-11,13-14,20H,9,12,15H2,1H3. The molecule has 0 saturated heterocycles. The van der Waals surface area contributed by atoms with E-state index < -0.39 is 6.10 Å². The molecule has 1 amide bonds. The summed E-state index contributed by atoms with van der Waals surface area (Å²) in [6.45, 7) is 0.555. The third-order valence-corrected chi connectivity index (χ3v) is 4.69. The minimum atomic E-state index is -0.404. The number of likely N-dealkylation sites (N-methyl/N-ethyl adjacent to an activating group) is 1. The first-order valence-electron chi connectivity index (χ1n) is 8.79. The number of aryl methyl sites for hydroxylation is 1. The van der Waals surface area contributed by atoms with Gasteiger partial charge in [-0.25, -0.2) is 4.68 Å². The van der Waals surface area contributed by atoms with Gasteiger partial charge in [-0.15, -0.1) is 0 Å². The molecule has 0 radical (unpaired) electrons. The van der Waals surface area contributed by atoms with Crippen LogP contribution in [0.4, 0.5) is 0 Å². The van der Waals surface area contributed by atoms with E-state index >= 15 is 0 Å². The molecule has 1 unspecified atom stereocenters. The molecule has 1 aromatic heterocycles. The van der Waals surface area contributed by atoms with Crippen LogP contribution in [0, 0.1) is 0 Å². The van der Waals surface area contributed by atoms with Gasteiger partial charge in [0.15, 0.2) is 6.10 Å². The van der Waals surface area contributed by atoms with Crippen molar-refractivity contribution in [1.29, 1.82) is 0 Å². The lowest BCUT2D eigenvalue weighted by molar-refractivity contribution is -0.138. The highest BCUT2D eigenvalue weighted by Gasteiger charge is 2.28. The molecule has 1 aliphatic rings. The van der Waals surface area contributed by atoms with Crippen molar-refractivity contribution in [2.24, 2.45) is 0 Å². The van der Waals surface area contributed by atoms with E-state index in [2.05, 4.69) is 11.2 Å². The molecule has 0 fully saturated rings. The summed E-state index contributed by atoms with van der Waals surface area (Å²) < 4.78 is 7.73. The third kappa shape index (κ3) is 3.33. The van der Waals surface area contributed by atoms with E-state index in [0.29, 0.717) is 6.54 Å². The van der Waals surface area contributed by atoms with E-state index in [9.17, 15) is 4.79 Å². The van der Waals surface area contributed by atoms with Crippen molar-refractivity contribution >= 4 is 5.91 Å². The van der Waals surface area contributed by atoms with Gasteiger partial charge in [-0.2, -0.15) is 5.10 Å². The average molecular weight is 347 g/mol. The topological polar surface area (TPSA) is 47.4 Å². The van der Waals surface area contributed by atoms with E-state index in [1.807, 2.05) is 66.5 Å². The average Bonchev–Trinajstić information content (AvgIpc) is 3.22. The van der Waals surface area contributed by atoms with Gasteiger partial charge in [-0.05, 0) is 48.2 Å². The Kier molecular flexibility index (Phi) is 4.44. The van der Waals surface area contributed by atoms with Gasteiger partial charge in [0.25, 0.3) is 5.91 Å². The number of hydrogen-bond donors (Lipinski definition) is 0. The highest BCUT2D eigenvalue weighted by Crippen LogP contribution is 2.27. The molecule has 0 saturated carbocycles. The number of hydrogen-bond acceptors (Lipinski definition) is 3. The lowest BCUT2D eigenvalue weighted by Gasteiger charge is -2.28. The monoisotopic (exact) mass is 347 g/mol. The maximum Gasteiger partial charge on any atom is 0.263 e. The molecule has 1 aliphatic heterocycles. The van der Waals surface area contributed by atoms with Gasteiger partial charge >= 0.3 is 0 Å². The summed E-state index contributed by atoms with van der Waals surface area (Å²) in [4.78, 5) is 14.5. The van der Waals surface area contributed by atoms with Crippen LogP contribution < -0.4 is 4.74 Å². The van der Waals surface area contributed by atoms with Gasteiger partial charge in [0.1, 0.15) is 5.75 Å². The van der Waals surface area contributed by atoms with E-state index in [-0.39, 0.29) is 5.91 Å². The van der Waals surface area contributed by atoms with Gasteiger partial charge in [0.2, 0.25) is 0 Å². The number of carbonyl (C=O) groups is 1. The summed E-state index contributed by atoms with van der Waals surface area (Å²) in [6.07, 6.45) is 4.85. The number of rotatable bonds is 4. The maximum atomic E-state index is 12.8. The first-order chi connectivity index (χ1) is 12.7. The Morgan fingerprint density at radius 3 is 2.77 bits per heavy atom. The van der Waals surface area contributed by atoms with E-state index in [1.54, 1.807) is 11.1 Å². The van der Waals surface area contributed by atoms with Crippen molar-refractivity contribution in [2.45, 2.75) is 25.5 Å². The molecular weight excluding hydrogens is 326 g/mol. The molecule has 1 atom stereocenters. The van der Waals surface area contributed by atoms with Crippen LogP contribution in [-0.2, 0) is 17.8 Å². The van der Waals surface area contributed by atoms with Gasteiger partial charge in [-0.3, -0.25) is 4.79 Å². The van der Waals surface area contributed by atoms with Crippen LogP contribution in [0.25, 0.3) is 5.69 Å². The maximum absolute atomic E-state index is 12.8. The summed E-state index contributed by atoms with van der Waals surface area (Å²) >= 11 is 0. The van der Waals surface area contributed by atoms with Crippen molar-refractivity contribution in [3.63, 3.8) is 0 Å². The molecule has 3 aromatic rings. The zero-order valence-corrected chi connectivity index (χ0v) is 14.7. The largest absolute Gasteiger partial charge is 0.480 e. The number of amides is 1. The fourth-order valence-electron chi connectivity index (χ4n) is 3.27. The number of para-hydroxylation sites is 1. The highest BCUT2D eigenvalue weighted by atomic mass is 16.5. The smallest absolute Gasteiger partial charge is 0.263 e. The molecule has 0 N–H and O–H groups in total. The Morgan fingerprint density at radius 1 is 1.19 bits per heavy atom. The SMILES string of the molecule is CN(Cc1ccc(-n2cccn2)cc1)C(=O)C1CCc2ccccc2O1. The first kappa shape index (κ1) is 16.4. The van der Waals surface area contributed by atoms with Crippen molar-refractivity contribution in [1.82, 2.24) is 14.7 Å². The van der Waals surface area contributed by atoms with E-state index in [4.69, 9.17) is 4.74 Å². The Bertz CT molecular complexity index is 888. The van der Waals surface area contributed by atoms with Crippen LogP contribution in [0.5, 0.6) is 5.75 Å². The molecule has 0 aliphatic carbocycles. The zero-order valence-electron chi connectivity index (χ0n) is 14.7. The lowest BCUT2D eigenvalue weighted by atomic mass is 10.0. The Balaban J connectivity index is 1.40. The predicted octanol–water partition coefficient (Wildman–Crippen LogP) is 3.22. The minimum absolute atomic E-state index is 0.0238. The number of aromatic nitrogens is 2. The summed E-state index contributed by atoms with van der Waals surface area (Å²) in [6, 6.07) is 17.9. The number of ether oxygens (including phenoxy) is 1. The fraction of sp³-hybridized carbons (Fsp3) is 0.238. The number of nitrogens with zero attached hydrogens (tertiary/aromatic N) is 3. The summed E-state index contributed by atoms with van der Waals surface area (Å²) in [5.41, 5.74) is 3.25. The molecular formula is C21H21N3O2. The molecule has 0 bridgehead atoms. The van der Waals surface area contributed by atoms with Crippen molar-refractivity contribution in [2.75, 3.05) is 7.05 Å². The van der Waals surface area contributed by atoms with Crippen LogP contribution >= 0.6 is 0 Å². The van der Waals surface area contributed by atoms with E-state index in [1.165, 1.54) is 5.56 Å². The third-order valence-electron chi connectivity index (χ3n) is 4.69. The van der Waals surface area contributed by atoms with Crippen molar-refractivity contribution in [3.05, 3.63) is 78.1 Å². The Labute approximate surface area is 152 Å². The van der Waals surface area contributed by atoms with Crippen LogP contribution in [0.3, 0.4) is 0 Å². The molecule has 26 heavy (non-hydrogen) atoms. The second-order valence-electron chi connectivity index (χ2n) is 6.56. The molecule has 2 heterocycles. The minimum Gasteiger partial charge on any atom is -0.480 e. The van der Waals surface area contributed by atoms with Gasteiger partial charge in [0, 0.05) is 26.0 Å². The highest BCUT2D eigenvalue weighted by molar-refractivity contribution is 5.81. The van der Waals surface area contributed by atoms with Crippen LogP contribution in [0.2, 0.25) is 0 Å². The molecule has 0 spiro atoms. The zero-order chi connectivity index (χ0) is 17.9. The normalized spacial score (nSPS) is 15.8. The van der Waals surface area contributed by atoms with Crippen LogP contribution in [0.15, 0.2) is 67.0 Å². The first-order valence-corrected chi connectivity index (χ1v) is 8.79. The molecule has 2 aromatic carbocycles. The van der Waals surface area contributed by atoms with Crippen molar-refractivity contribution in [3.8, 4) is 11.4 Å². The predicted molar refractivity (Wildman–Crippen MR) is 99.2 cm³/mol. The van der Waals surface area contributed by atoms with Crippen LogP contribution in [-0.4, -0.2) is 33.7 Å². The molecule has 5 nitrogen and oxygen atoms in total. The lowest BCUT2D eigenvalue weighted by Crippen LogP contribution is -2.41. The summed E-state index contributed by atoms with van der Waals surface area (Å²) in [7, 11) is 1.83. The molecule has 4 rings (SSSR count). The fourth-order valence-corrected chi connectivity index (χ4v) is 3.27. The molecule has 5 heteroatoms. The quantitative estimate of drug-likeness (QED) is 0.728. The van der Waals surface area contributed by atoms with Gasteiger partial charge < -0.3 is 9.64 Å².